The molecule has 2 amide bonds. The normalized spacial score (nSPS) is 18.6. The lowest BCUT2D eigenvalue weighted by Crippen LogP contribution is -2.49. The van der Waals surface area contributed by atoms with E-state index in [4.69, 9.17) is 14.2 Å². The van der Waals surface area contributed by atoms with Crippen LogP contribution in [-0.2, 0) is 16.0 Å². The third-order valence-electron chi connectivity index (χ3n) is 6.08. The number of urea groups is 1. The Hall–Kier alpha value is -2.71. The van der Waals surface area contributed by atoms with Crippen LogP contribution in [0, 0.1) is 0 Å². The maximum atomic E-state index is 13.6. The van der Waals surface area contributed by atoms with E-state index >= 15 is 0 Å². The maximum absolute atomic E-state index is 13.6. The number of piperidine rings is 1. The largest absolute Gasteiger partial charge is 0.491 e. The lowest BCUT2D eigenvalue weighted by atomic mass is 10.0. The molecule has 2 aromatic rings. The first-order valence-electron chi connectivity index (χ1n) is 10.6. The van der Waals surface area contributed by atoms with Gasteiger partial charge >= 0.3 is 12.0 Å². The van der Waals surface area contributed by atoms with Gasteiger partial charge in [0, 0.05) is 25.8 Å². The fraction of sp³-hybridized carbons (Fsp3) is 0.417. The Morgan fingerprint density at radius 3 is 2.41 bits per heavy atom. The maximum Gasteiger partial charge on any atom is 0.337 e. The number of benzene rings is 2. The van der Waals surface area contributed by atoms with Crippen molar-refractivity contribution in [1.82, 2.24) is 9.80 Å². The molecule has 172 valence electrons. The minimum atomic E-state index is -0.413. The molecule has 4 rings (SSSR count). The molecule has 1 fully saturated rings. The number of likely N-dealkylation sites (tertiary alicyclic amines) is 1. The van der Waals surface area contributed by atoms with Gasteiger partial charge in [0.05, 0.1) is 31.4 Å². The summed E-state index contributed by atoms with van der Waals surface area (Å²) in [6, 6.07) is 14.9. The molecule has 0 bridgehead atoms. The summed E-state index contributed by atoms with van der Waals surface area (Å²) in [6.45, 7) is 2.05. The fourth-order valence-electron chi connectivity index (χ4n) is 4.23. The summed E-state index contributed by atoms with van der Waals surface area (Å²) in [5.74, 6) is 0.196. The number of esters is 1. The zero-order valence-electron chi connectivity index (χ0n) is 18.5. The first kappa shape index (κ1) is 23.9. The van der Waals surface area contributed by atoms with E-state index in [-0.39, 0.29) is 31.7 Å². The van der Waals surface area contributed by atoms with Crippen LogP contribution in [0.15, 0.2) is 48.5 Å². The van der Waals surface area contributed by atoms with Crippen molar-refractivity contribution in [1.29, 1.82) is 0 Å². The molecule has 2 aromatic carbocycles. The smallest absolute Gasteiger partial charge is 0.337 e. The van der Waals surface area contributed by atoms with Gasteiger partial charge < -0.3 is 24.0 Å². The standard InChI is InChI=1S/C24H28N2O5.H2S/c1-29-20-10-12-25(13-11-20)24(28)26-15-19-9-8-18(23(27)30-2)14-22(19)31-16-21(26)17-6-4-3-5-7-17;/h3-9,14,20-21H,10-13,15-16H2,1-2H3;1H2/t21-;/m1./s1. The molecule has 0 N–H and O–H groups in total. The molecule has 0 aromatic heterocycles. The Labute approximate surface area is 195 Å². The van der Waals surface area contributed by atoms with Crippen LogP contribution >= 0.6 is 13.5 Å². The molecular formula is C24H30N2O5S. The van der Waals surface area contributed by atoms with Gasteiger partial charge in [-0.2, -0.15) is 13.5 Å². The van der Waals surface area contributed by atoms with Gasteiger partial charge in [-0.1, -0.05) is 36.4 Å². The topological polar surface area (TPSA) is 68.3 Å². The van der Waals surface area contributed by atoms with E-state index in [2.05, 4.69) is 0 Å². The molecule has 0 saturated carbocycles. The van der Waals surface area contributed by atoms with Crippen LogP contribution in [0.4, 0.5) is 4.79 Å². The van der Waals surface area contributed by atoms with E-state index in [1.165, 1.54) is 7.11 Å². The van der Waals surface area contributed by atoms with Gasteiger partial charge in [-0.25, -0.2) is 9.59 Å². The summed E-state index contributed by atoms with van der Waals surface area (Å²) < 4.78 is 16.4. The molecule has 0 aliphatic carbocycles. The zero-order chi connectivity index (χ0) is 21.8. The average Bonchev–Trinajstić information content (AvgIpc) is 3.03. The summed E-state index contributed by atoms with van der Waals surface area (Å²) in [6.07, 6.45) is 1.88. The second-order valence-electron chi connectivity index (χ2n) is 7.88. The van der Waals surface area contributed by atoms with E-state index in [1.54, 1.807) is 19.2 Å². The monoisotopic (exact) mass is 458 g/mol. The molecule has 1 atom stereocenters. The molecule has 0 unspecified atom stereocenters. The van der Waals surface area contributed by atoms with E-state index in [1.807, 2.05) is 46.2 Å². The van der Waals surface area contributed by atoms with Gasteiger partial charge in [-0.05, 0) is 30.5 Å². The first-order valence-corrected chi connectivity index (χ1v) is 10.6. The number of ether oxygens (including phenoxy) is 3. The second kappa shape index (κ2) is 10.7. The summed E-state index contributed by atoms with van der Waals surface area (Å²) in [5, 5.41) is 0. The highest BCUT2D eigenvalue weighted by atomic mass is 32.1. The number of nitrogens with zero attached hydrogens (tertiary/aromatic N) is 2. The van der Waals surface area contributed by atoms with Gasteiger partial charge in [0.25, 0.3) is 0 Å². The number of hydrogen-bond acceptors (Lipinski definition) is 5. The van der Waals surface area contributed by atoms with Gasteiger partial charge in [-0.15, -0.1) is 0 Å². The van der Waals surface area contributed by atoms with Crippen LogP contribution < -0.4 is 4.74 Å². The van der Waals surface area contributed by atoms with Crippen molar-refractivity contribution >= 4 is 25.5 Å². The van der Waals surface area contributed by atoms with E-state index < -0.39 is 5.97 Å². The highest BCUT2D eigenvalue weighted by molar-refractivity contribution is 7.59. The lowest BCUT2D eigenvalue weighted by Gasteiger charge is -2.38. The summed E-state index contributed by atoms with van der Waals surface area (Å²) in [7, 11) is 3.08. The Balaban J connectivity index is 0.00000289. The van der Waals surface area contributed by atoms with Crippen molar-refractivity contribution in [3.63, 3.8) is 0 Å². The van der Waals surface area contributed by atoms with Crippen molar-refractivity contribution in [3.8, 4) is 5.75 Å². The van der Waals surface area contributed by atoms with Crippen molar-refractivity contribution in [3.05, 3.63) is 65.2 Å². The number of rotatable bonds is 3. The molecule has 2 aliphatic heterocycles. The minimum Gasteiger partial charge on any atom is -0.491 e. The Morgan fingerprint density at radius 1 is 1.03 bits per heavy atom. The number of methoxy groups -OCH3 is 2. The third kappa shape index (κ3) is 5.02. The van der Waals surface area contributed by atoms with Crippen LogP contribution in [-0.4, -0.2) is 61.8 Å². The second-order valence-corrected chi connectivity index (χ2v) is 7.88. The highest BCUT2D eigenvalue weighted by Crippen LogP contribution is 2.33. The molecule has 7 nitrogen and oxygen atoms in total. The molecule has 0 spiro atoms. The van der Waals surface area contributed by atoms with Crippen LogP contribution in [0.25, 0.3) is 0 Å². The van der Waals surface area contributed by atoms with Gasteiger partial charge in [0.2, 0.25) is 0 Å². The van der Waals surface area contributed by atoms with Crippen molar-refractivity contribution in [2.45, 2.75) is 31.5 Å². The number of carbonyl (C=O) groups is 2. The molecule has 1 saturated heterocycles. The fourth-order valence-corrected chi connectivity index (χ4v) is 4.23. The number of fused-ring (bicyclic) bond motifs is 1. The predicted octanol–water partition coefficient (Wildman–Crippen LogP) is 3.75. The van der Waals surface area contributed by atoms with Crippen LogP contribution in [0.1, 0.15) is 40.4 Å². The predicted molar refractivity (Wildman–Crippen MR) is 125 cm³/mol. The molecule has 2 aliphatic rings. The van der Waals surface area contributed by atoms with Crippen LogP contribution in [0.3, 0.4) is 0 Å². The highest BCUT2D eigenvalue weighted by Gasteiger charge is 2.34. The molecule has 32 heavy (non-hydrogen) atoms. The quantitative estimate of drug-likeness (QED) is 0.656. The Morgan fingerprint density at radius 2 is 1.75 bits per heavy atom. The van der Waals surface area contributed by atoms with Gasteiger partial charge in [0.1, 0.15) is 12.4 Å². The summed E-state index contributed by atoms with van der Waals surface area (Å²) in [5.41, 5.74) is 2.31. The Kier molecular flexibility index (Phi) is 8.04. The average molecular weight is 459 g/mol. The number of hydrogen-bond donors (Lipinski definition) is 0. The van der Waals surface area contributed by atoms with Crippen molar-refractivity contribution in [2.75, 3.05) is 33.9 Å². The van der Waals surface area contributed by atoms with Gasteiger partial charge in [-0.3, -0.25) is 0 Å². The molecule has 0 radical (unpaired) electrons. The minimum absolute atomic E-state index is 0. The zero-order valence-corrected chi connectivity index (χ0v) is 19.5. The lowest BCUT2D eigenvalue weighted by molar-refractivity contribution is 0.0398. The summed E-state index contributed by atoms with van der Waals surface area (Å²) >= 11 is 0. The third-order valence-corrected chi connectivity index (χ3v) is 6.08. The van der Waals surface area contributed by atoms with E-state index in [0.717, 1.165) is 24.0 Å². The van der Waals surface area contributed by atoms with Crippen molar-refractivity contribution < 1.29 is 23.8 Å². The number of amides is 2. The van der Waals surface area contributed by atoms with Crippen LogP contribution in [0.2, 0.25) is 0 Å². The van der Waals surface area contributed by atoms with E-state index in [0.29, 0.717) is 37.6 Å². The molecule has 2 heterocycles. The van der Waals surface area contributed by atoms with Crippen molar-refractivity contribution in [2.24, 2.45) is 0 Å². The first-order chi connectivity index (χ1) is 15.1. The number of carbonyl (C=O) groups excluding carboxylic acids is 2. The van der Waals surface area contributed by atoms with Gasteiger partial charge in [0.15, 0.2) is 0 Å². The Bertz CT molecular complexity index is 931. The van der Waals surface area contributed by atoms with Crippen LogP contribution in [0.5, 0.6) is 5.75 Å². The molecule has 8 heteroatoms. The van der Waals surface area contributed by atoms with E-state index in [9.17, 15) is 9.59 Å². The molecular weight excluding hydrogens is 428 g/mol. The summed E-state index contributed by atoms with van der Waals surface area (Å²) in [4.78, 5) is 29.3. The SMILES string of the molecule is COC(=O)c1ccc2c(c1)OC[C@H](c1ccccc1)N(C(=O)N1CCC(OC)CC1)C2.S.